The number of hydrogen-bond acceptors (Lipinski definition) is 4. The molecule has 0 aliphatic carbocycles. The molecule has 6 nitrogen and oxygen atoms in total. The number of carbonyl (C=O) groups is 2. The highest BCUT2D eigenvalue weighted by atomic mass is 16.5. The van der Waals surface area contributed by atoms with Crippen LogP contribution in [-0.4, -0.2) is 36.3 Å². The van der Waals surface area contributed by atoms with E-state index in [4.69, 9.17) is 14.6 Å². The second kappa shape index (κ2) is 6.88. The van der Waals surface area contributed by atoms with Crippen molar-refractivity contribution in [2.75, 3.05) is 7.11 Å². The predicted octanol–water partition coefficient (Wildman–Crippen LogP) is 2.10. The van der Waals surface area contributed by atoms with Crippen molar-refractivity contribution < 1.29 is 24.2 Å². The van der Waals surface area contributed by atoms with Crippen LogP contribution in [0.15, 0.2) is 36.4 Å². The zero-order valence-electron chi connectivity index (χ0n) is 13.3. The lowest BCUT2D eigenvalue weighted by molar-refractivity contribution is -0.151. The van der Waals surface area contributed by atoms with Crippen molar-refractivity contribution in [3.05, 3.63) is 42.0 Å². The Hall–Kier alpha value is -2.60. The molecule has 0 bridgehead atoms. The van der Waals surface area contributed by atoms with E-state index in [0.717, 1.165) is 16.3 Å². The van der Waals surface area contributed by atoms with Crippen molar-refractivity contribution in [1.82, 2.24) is 5.32 Å². The molecule has 0 saturated carbocycles. The van der Waals surface area contributed by atoms with Gasteiger partial charge in [-0.2, -0.15) is 0 Å². The molecule has 3 rings (SSSR count). The molecule has 2 aromatic carbocycles. The van der Waals surface area contributed by atoms with Crippen LogP contribution < -0.4 is 10.1 Å². The minimum absolute atomic E-state index is 0.293. The topological polar surface area (TPSA) is 84.9 Å². The van der Waals surface area contributed by atoms with E-state index >= 15 is 0 Å². The summed E-state index contributed by atoms with van der Waals surface area (Å²) in [5.74, 6) is -0.625. The molecule has 1 saturated heterocycles. The number of nitrogens with one attached hydrogen (secondary N) is 1. The number of carboxylic acids is 1. The van der Waals surface area contributed by atoms with Crippen LogP contribution in [0.4, 0.5) is 0 Å². The molecular formula is C18H19NO5. The predicted molar refractivity (Wildman–Crippen MR) is 87.9 cm³/mol. The summed E-state index contributed by atoms with van der Waals surface area (Å²) >= 11 is 0. The van der Waals surface area contributed by atoms with Gasteiger partial charge in [-0.15, -0.1) is 0 Å². The lowest BCUT2D eigenvalue weighted by Gasteiger charge is -2.15. The van der Waals surface area contributed by atoms with E-state index in [-0.39, 0.29) is 5.91 Å². The van der Waals surface area contributed by atoms with E-state index in [0.29, 0.717) is 25.1 Å². The first-order valence-electron chi connectivity index (χ1n) is 7.80. The molecule has 0 spiro atoms. The zero-order chi connectivity index (χ0) is 17.1. The molecule has 1 aliphatic rings. The second-order valence-corrected chi connectivity index (χ2v) is 5.71. The molecule has 0 unspecified atom stereocenters. The van der Waals surface area contributed by atoms with E-state index < -0.39 is 18.2 Å². The average molecular weight is 329 g/mol. The number of aliphatic carboxylic acids is 1. The maximum Gasteiger partial charge on any atom is 0.332 e. The summed E-state index contributed by atoms with van der Waals surface area (Å²) in [6, 6.07) is 11.7. The van der Waals surface area contributed by atoms with Crippen LogP contribution in [-0.2, 0) is 20.9 Å². The Balaban J connectivity index is 1.74. The molecule has 1 fully saturated rings. The van der Waals surface area contributed by atoms with Crippen LogP contribution in [0.2, 0.25) is 0 Å². The standard InChI is InChI=1S/C18H19NO5/c1-23-14-7-6-11-4-2-3-5-12(11)13(14)10-19-17(20)15-8-9-16(24-15)18(21)22/h2-7,15-16H,8-10H2,1H3,(H,19,20)(H,21,22)/t15-,16+/m0/s1. The number of carbonyl (C=O) groups excluding carboxylic acids is 1. The highest BCUT2D eigenvalue weighted by molar-refractivity contribution is 5.89. The molecular weight excluding hydrogens is 310 g/mol. The summed E-state index contributed by atoms with van der Waals surface area (Å²) in [5.41, 5.74) is 0.886. The highest BCUT2D eigenvalue weighted by Gasteiger charge is 2.34. The average Bonchev–Trinajstić information content (AvgIpc) is 3.09. The zero-order valence-corrected chi connectivity index (χ0v) is 13.3. The molecule has 24 heavy (non-hydrogen) atoms. The monoisotopic (exact) mass is 329 g/mol. The number of rotatable bonds is 5. The van der Waals surface area contributed by atoms with Gasteiger partial charge in [-0.05, 0) is 29.7 Å². The molecule has 2 atom stereocenters. The van der Waals surface area contributed by atoms with Crippen LogP contribution >= 0.6 is 0 Å². The van der Waals surface area contributed by atoms with Gasteiger partial charge >= 0.3 is 5.97 Å². The normalized spacial score (nSPS) is 20.0. The number of amides is 1. The Bertz CT molecular complexity index is 773. The fourth-order valence-electron chi connectivity index (χ4n) is 2.99. The van der Waals surface area contributed by atoms with Gasteiger partial charge < -0.3 is 19.9 Å². The molecule has 6 heteroatoms. The quantitative estimate of drug-likeness (QED) is 0.877. The third-order valence-electron chi connectivity index (χ3n) is 4.24. The molecule has 2 aromatic rings. The van der Waals surface area contributed by atoms with E-state index in [1.165, 1.54) is 0 Å². The first-order chi connectivity index (χ1) is 11.6. The Morgan fingerprint density at radius 3 is 2.67 bits per heavy atom. The molecule has 0 aromatic heterocycles. The van der Waals surface area contributed by atoms with Crippen LogP contribution in [0.25, 0.3) is 10.8 Å². The Kier molecular flexibility index (Phi) is 4.66. The van der Waals surface area contributed by atoms with Crippen molar-refractivity contribution >= 4 is 22.6 Å². The number of hydrogen-bond donors (Lipinski definition) is 2. The van der Waals surface area contributed by atoms with Gasteiger partial charge in [0.25, 0.3) is 0 Å². The highest BCUT2D eigenvalue weighted by Crippen LogP contribution is 2.28. The number of carboxylic acid groups (broad SMARTS) is 1. The van der Waals surface area contributed by atoms with Crippen LogP contribution in [0.1, 0.15) is 18.4 Å². The van der Waals surface area contributed by atoms with Gasteiger partial charge in [0.15, 0.2) is 6.10 Å². The van der Waals surface area contributed by atoms with Gasteiger partial charge in [0.2, 0.25) is 5.91 Å². The molecule has 1 aliphatic heterocycles. The fourth-order valence-corrected chi connectivity index (χ4v) is 2.99. The van der Waals surface area contributed by atoms with E-state index in [9.17, 15) is 9.59 Å². The summed E-state index contributed by atoms with van der Waals surface area (Å²) in [4.78, 5) is 23.2. The largest absolute Gasteiger partial charge is 0.496 e. The Morgan fingerprint density at radius 1 is 1.21 bits per heavy atom. The van der Waals surface area contributed by atoms with Gasteiger partial charge in [-0.25, -0.2) is 4.79 Å². The van der Waals surface area contributed by atoms with Crippen LogP contribution in [0.5, 0.6) is 5.75 Å². The summed E-state index contributed by atoms with van der Waals surface area (Å²) in [7, 11) is 1.59. The van der Waals surface area contributed by atoms with Crippen LogP contribution in [0, 0.1) is 0 Å². The second-order valence-electron chi connectivity index (χ2n) is 5.71. The lowest BCUT2D eigenvalue weighted by Crippen LogP contribution is -2.35. The minimum atomic E-state index is -1.03. The third kappa shape index (κ3) is 3.19. The Labute approximate surface area is 139 Å². The van der Waals surface area contributed by atoms with Gasteiger partial charge in [0.1, 0.15) is 11.9 Å². The summed E-state index contributed by atoms with van der Waals surface area (Å²) in [5, 5.41) is 13.8. The van der Waals surface area contributed by atoms with Crippen LogP contribution in [0.3, 0.4) is 0 Å². The van der Waals surface area contributed by atoms with Crippen molar-refractivity contribution in [2.45, 2.75) is 31.6 Å². The SMILES string of the molecule is COc1ccc2ccccc2c1CNC(=O)[C@@H]1CC[C@H](C(=O)O)O1. The summed E-state index contributed by atoms with van der Waals surface area (Å²) in [6.07, 6.45) is -0.847. The van der Waals surface area contributed by atoms with Gasteiger partial charge in [0, 0.05) is 12.1 Å². The maximum absolute atomic E-state index is 12.3. The van der Waals surface area contributed by atoms with E-state index in [1.54, 1.807) is 7.11 Å². The first-order valence-corrected chi connectivity index (χ1v) is 7.80. The van der Waals surface area contributed by atoms with E-state index in [2.05, 4.69) is 5.32 Å². The number of methoxy groups -OCH3 is 1. The van der Waals surface area contributed by atoms with E-state index in [1.807, 2.05) is 36.4 Å². The van der Waals surface area contributed by atoms with Crippen molar-refractivity contribution in [2.24, 2.45) is 0 Å². The first kappa shape index (κ1) is 16.3. The molecule has 1 heterocycles. The van der Waals surface area contributed by atoms with Crippen molar-refractivity contribution in [3.63, 3.8) is 0 Å². The number of benzene rings is 2. The van der Waals surface area contributed by atoms with Crippen molar-refractivity contribution in [3.8, 4) is 5.75 Å². The third-order valence-corrected chi connectivity index (χ3v) is 4.24. The van der Waals surface area contributed by atoms with Gasteiger partial charge in [0.05, 0.1) is 7.11 Å². The summed E-state index contributed by atoms with van der Waals surface area (Å²) in [6.45, 7) is 0.293. The smallest absolute Gasteiger partial charge is 0.332 e. The molecule has 0 radical (unpaired) electrons. The number of ether oxygens (including phenoxy) is 2. The molecule has 126 valence electrons. The summed E-state index contributed by atoms with van der Waals surface area (Å²) < 4.78 is 10.7. The molecule has 1 amide bonds. The van der Waals surface area contributed by atoms with Crippen molar-refractivity contribution in [1.29, 1.82) is 0 Å². The minimum Gasteiger partial charge on any atom is -0.496 e. The molecule has 2 N–H and O–H groups in total. The van der Waals surface area contributed by atoms with Gasteiger partial charge in [-0.1, -0.05) is 30.3 Å². The maximum atomic E-state index is 12.3. The Morgan fingerprint density at radius 2 is 1.96 bits per heavy atom. The fraction of sp³-hybridized carbons (Fsp3) is 0.333. The van der Waals surface area contributed by atoms with Gasteiger partial charge in [-0.3, -0.25) is 4.79 Å². The lowest BCUT2D eigenvalue weighted by atomic mass is 10.0. The number of fused-ring (bicyclic) bond motifs is 1.